The maximum Gasteiger partial charge on any atom is 0.286 e. The Bertz CT molecular complexity index is 871. The Labute approximate surface area is 150 Å². The van der Waals surface area contributed by atoms with Crippen LogP contribution in [0.2, 0.25) is 0 Å². The number of aromatic nitrogens is 3. The van der Waals surface area contributed by atoms with Gasteiger partial charge in [-0.1, -0.05) is 12.8 Å². The molecule has 0 saturated heterocycles. The average Bonchev–Trinajstić information content (AvgIpc) is 3.32. The minimum atomic E-state index is -0.424. The predicted octanol–water partition coefficient (Wildman–Crippen LogP) is 1.47. The van der Waals surface area contributed by atoms with Gasteiger partial charge in [0.15, 0.2) is 0 Å². The van der Waals surface area contributed by atoms with E-state index in [1.807, 2.05) is 29.2 Å². The Balaban J connectivity index is 1.59. The number of nitrogens with zero attached hydrogens (tertiary/aromatic N) is 4. The minimum absolute atomic E-state index is 0.128. The zero-order valence-electron chi connectivity index (χ0n) is 14.6. The largest absolute Gasteiger partial charge is 0.497 e. The van der Waals surface area contributed by atoms with Crippen LogP contribution in [-0.4, -0.2) is 40.4 Å². The molecule has 8 heteroatoms. The summed E-state index contributed by atoms with van der Waals surface area (Å²) in [7, 11) is 1.61. The molecular formula is C18H21N5O3. The molecule has 26 heavy (non-hydrogen) atoms. The van der Waals surface area contributed by atoms with Gasteiger partial charge in [-0.2, -0.15) is 0 Å². The van der Waals surface area contributed by atoms with E-state index in [4.69, 9.17) is 4.74 Å². The molecule has 136 valence electrons. The van der Waals surface area contributed by atoms with Crippen LogP contribution in [-0.2, 0) is 6.54 Å². The lowest BCUT2D eigenvalue weighted by molar-refractivity contribution is 0.0929. The van der Waals surface area contributed by atoms with E-state index in [-0.39, 0.29) is 17.3 Å². The number of carbonyl (C=O) groups is 1. The molecule has 1 aliphatic carbocycles. The van der Waals surface area contributed by atoms with Gasteiger partial charge in [-0.15, -0.1) is 10.2 Å². The van der Waals surface area contributed by atoms with E-state index in [1.165, 1.54) is 4.57 Å². The maximum atomic E-state index is 12.7. The first kappa shape index (κ1) is 16.6. The summed E-state index contributed by atoms with van der Waals surface area (Å²) in [6.07, 6.45) is 4.13. The molecule has 0 bridgehead atoms. The number of anilines is 2. The highest BCUT2D eigenvalue weighted by molar-refractivity contribution is 5.92. The van der Waals surface area contributed by atoms with Crippen LogP contribution in [0.1, 0.15) is 36.2 Å². The lowest BCUT2D eigenvalue weighted by atomic mass is 10.2. The molecule has 2 aliphatic rings. The lowest BCUT2D eigenvalue weighted by Gasteiger charge is -2.17. The van der Waals surface area contributed by atoms with E-state index in [0.29, 0.717) is 19.0 Å². The molecule has 1 amide bonds. The third-order valence-electron chi connectivity index (χ3n) is 5.01. The van der Waals surface area contributed by atoms with Crippen LogP contribution in [0.25, 0.3) is 0 Å². The molecule has 0 spiro atoms. The van der Waals surface area contributed by atoms with Gasteiger partial charge in [0.2, 0.25) is 11.6 Å². The summed E-state index contributed by atoms with van der Waals surface area (Å²) in [5.74, 6) is 0.792. The molecule has 1 aromatic heterocycles. The normalized spacial score (nSPS) is 16.6. The van der Waals surface area contributed by atoms with Gasteiger partial charge in [0.25, 0.3) is 11.5 Å². The van der Waals surface area contributed by atoms with E-state index in [2.05, 4.69) is 15.5 Å². The molecule has 2 aromatic rings. The zero-order chi connectivity index (χ0) is 18.1. The number of carbonyl (C=O) groups excluding carboxylic acids is 1. The van der Waals surface area contributed by atoms with Crippen LogP contribution < -0.4 is 20.5 Å². The average molecular weight is 355 g/mol. The molecular weight excluding hydrogens is 334 g/mol. The molecule has 0 atom stereocenters. The van der Waals surface area contributed by atoms with Gasteiger partial charge in [0.1, 0.15) is 5.75 Å². The molecule has 1 saturated carbocycles. The van der Waals surface area contributed by atoms with Gasteiger partial charge in [-0.05, 0) is 37.1 Å². The summed E-state index contributed by atoms with van der Waals surface area (Å²) in [4.78, 5) is 27.0. The Kier molecular flexibility index (Phi) is 4.32. The Hall–Kier alpha value is -2.90. The topological polar surface area (TPSA) is 89.3 Å². The Morgan fingerprint density at radius 1 is 1.15 bits per heavy atom. The van der Waals surface area contributed by atoms with Crippen molar-refractivity contribution in [2.45, 2.75) is 38.3 Å². The zero-order valence-corrected chi connectivity index (χ0v) is 14.6. The number of methoxy groups -OCH3 is 1. The van der Waals surface area contributed by atoms with Crippen molar-refractivity contribution >= 4 is 17.5 Å². The number of rotatable bonds is 4. The van der Waals surface area contributed by atoms with Gasteiger partial charge in [0.05, 0.1) is 7.11 Å². The van der Waals surface area contributed by atoms with Crippen molar-refractivity contribution in [3.63, 3.8) is 0 Å². The van der Waals surface area contributed by atoms with Crippen molar-refractivity contribution in [1.82, 2.24) is 20.1 Å². The van der Waals surface area contributed by atoms with Crippen molar-refractivity contribution in [3.05, 3.63) is 40.3 Å². The first-order valence-corrected chi connectivity index (χ1v) is 8.87. The fourth-order valence-electron chi connectivity index (χ4n) is 3.58. The van der Waals surface area contributed by atoms with E-state index < -0.39 is 5.91 Å². The van der Waals surface area contributed by atoms with Crippen molar-refractivity contribution < 1.29 is 9.53 Å². The standard InChI is InChI=1S/C18H21N5O3/c1-26-14-8-6-13(7-9-14)22-10-11-23-17(25)15(20-21-18(22)23)16(24)19-12-4-2-3-5-12/h6-9,12H,2-5,10-11H2,1H3,(H,19,24). The van der Waals surface area contributed by atoms with E-state index >= 15 is 0 Å². The molecule has 1 aliphatic heterocycles. The van der Waals surface area contributed by atoms with Crippen LogP contribution in [0.15, 0.2) is 29.1 Å². The molecule has 1 aromatic carbocycles. The number of benzene rings is 1. The fourth-order valence-corrected chi connectivity index (χ4v) is 3.58. The number of hydrogen-bond acceptors (Lipinski definition) is 6. The fraction of sp³-hybridized carbons (Fsp3) is 0.444. The summed E-state index contributed by atoms with van der Waals surface area (Å²) in [6, 6.07) is 7.65. The first-order valence-electron chi connectivity index (χ1n) is 8.87. The second-order valence-corrected chi connectivity index (χ2v) is 6.61. The third-order valence-corrected chi connectivity index (χ3v) is 5.01. The molecule has 0 radical (unpaired) electrons. The number of hydrogen-bond donors (Lipinski definition) is 1. The highest BCUT2D eigenvalue weighted by Gasteiger charge is 2.28. The number of fused-ring (bicyclic) bond motifs is 1. The van der Waals surface area contributed by atoms with Crippen molar-refractivity contribution in [2.75, 3.05) is 18.6 Å². The second-order valence-electron chi connectivity index (χ2n) is 6.61. The number of nitrogens with one attached hydrogen (secondary N) is 1. The summed E-state index contributed by atoms with van der Waals surface area (Å²) >= 11 is 0. The molecule has 8 nitrogen and oxygen atoms in total. The van der Waals surface area contributed by atoms with E-state index in [1.54, 1.807) is 7.11 Å². The van der Waals surface area contributed by atoms with Crippen LogP contribution in [0.3, 0.4) is 0 Å². The van der Waals surface area contributed by atoms with Gasteiger partial charge < -0.3 is 15.0 Å². The molecule has 0 unspecified atom stereocenters. The monoisotopic (exact) mass is 355 g/mol. The lowest BCUT2D eigenvalue weighted by Crippen LogP contribution is -2.39. The van der Waals surface area contributed by atoms with Crippen molar-refractivity contribution in [3.8, 4) is 5.75 Å². The van der Waals surface area contributed by atoms with Gasteiger partial charge in [0, 0.05) is 24.8 Å². The summed E-state index contributed by atoms with van der Waals surface area (Å²) in [6.45, 7) is 1.07. The van der Waals surface area contributed by atoms with Crippen molar-refractivity contribution in [2.24, 2.45) is 0 Å². The van der Waals surface area contributed by atoms with Crippen LogP contribution >= 0.6 is 0 Å². The molecule has 1 fully saturated rings. The van der Waals surface area contributed by atoms with Gasteiger partial charge in [-0.3, -0.25) is 14.2 Å². The number of ether oxygens (including phenoxy) is 1. The van der Waals surface area contributed by atoms with Crippen LogP contribution in [0.4, 0.5) is 11.6 Å². The maximum absolute atomic E-state index is 12.7. The van der Waals surface area contributed by atoms with Crippen LogP contribution in [0, 0.1) is 0 Å². The first-order chi connectivity index (χ1) is 12.7. The summed E-state index contributed by atoms with van der Waals surface area (Å²) in [5.41, 5.74) is 0.382. The Morgan fingerprint density at radius 2 is 1.88 bits per heavy atom. The molecule has 1 N–H and O–H groups in total. The highest BCUT2D eigenvalue weighted by atomic mass is 16.5. The van der Waals surface area contributed by atoms with Gasteiger partial charge >= 0.3 is 0 Å². The smallest absolute Gasteiger partial charge is 0.286 e. The SMILES string of the molecule is COc1ccc(N2CCn3c2nnc(C(=O)NC2CCCC2)c3=O)cc1. The molecule has 4 rings (SSSR count). The third kappa shape index (κ3) is 2.91. The second kappa shape index (κ2) is 6.78. The van der Waals surface area contributed by atoms with E-state index in [9.17, 15) is 9.59 Å². The summed E-state index contributed by atoms with van der Waals surface area (Å²) in [5, 5.41) is 11.0. The van der Waals surface area contributed by atoms with Gasteiger partial charge in [-0.25, -0.2) is 0 Å². The van der Waals surface area contributed by atoms with Crippen LogP contribution in [0.5, 0.6) is 5.75 Å². The summed E-state index contributed by atoms with van der Waals surface area (Å²) < 4.78 is 6.69. The molecule has 2 heterocycles. The van der Waals surface area contributed by atoms with Crippen molar-refractivity contribution in [1.29, 1.82) is 0 Å². The van der Waals surface area contributed by atoms with E-state index in [0.717, 1.165) is 37.1 Å². The predicted molar refractivity (Wildman–Crippen MR) is 96.0 cm³/mol. The quantitative estimate of drug-likeness (QED) is 0.893. The minimum Gasteiger partial charge on any atom is -0.497 e. The Morgan fingerprint density at radius 3 is 2.58 bits per heavy atom. The highest BCUT2D eigenvalue weighted by Crippen LogP contribution is 2.28. The number of amides is 1.